The molecule has 4 amide bonds. The molecule has 1 heterocycles. The molecule has 0 radical (unpaired) electrons. The molecule has 7 heteroatoms. The van der Waals surface area contributed by atoms with Crippen molar-refractivity contribution < 1.29 is 23.2 Å². The van der Waals surface area contributed by atoms with Crippen LogP contribution in [0.25, 0.3) is 0 Å². The maximum Gasteiger partial charge on any atom is 0.328 e. The number of rotatable bonds is 3. The molecule has 0 bridgehead atoms. The third-order valence-electron chi connectivity index (χ3n) is 3.83. The summed E-state index contributed by atoms with van der Waals surface area (Å²) in [5, 5.41) is 4.09. The molecule has 3 rings (SSSR count). The summed E-state index contributed by atoms with van der Waals surface area (Å²) in [6.45, 7) is 0. The number of carbonyl (C=O) groups is 3. The molecule has 1 fully saturated rings. The van der Waals surface area contributed by atoms with Gasteiger partial charge in [-0.1, -0.05) is 24.3 Å². The third-order valence-corrected chi connectivity index (χ3v) is 3.83. The number of hydrogen-bond donors (Lipinski definition) is 2. The van der Waals surface area contributed by atoms with Gasteiger partial charge in [0, 0.05) is 5.92 Å². The molecular weight excluding hydrogens is 318 g/mol. The second kappa shape index (κ2) is 6.19. The molecule has 0 aliphatic carbocycles. The van der Waals surface area contributed by atoms with Crippen LogP contribution in [0, 0.1) is 17.6 Å². The Balaban J connectivity index is 2.09. The van der Waals surface area contributed by atoms with Crippen LogP contribution in [0.1, 0.15) is 17.0 Å². The first-order chi connectivity index (χ1) is 11.5. The van der Waals surface area contributed by atoms with Crippen molar-refractivity contribution in [3.63, 3.8) is 0 Å². The van der Waals surface area contributed by atoms with Crippen molar-refractivity contribution in [3.05, 3.63) is 71.3 Å². The van der Waals surface area contributed by atoms with Crippen LogP contribution < -0.4 is 10.6 Å². The zero-order valence-corrected chi connectivity index (χ0v) is 12.3. The van der Waals surface area contributed by atoms with E-state index in [1.54, 1.807) is 0 Å². The molecule has 0 aromatic heterocycles. The van der Waals surface area contributed by atoms with E-state index in [1.165, 1.54) is 48.5 Å². The van der Waals surface area contributed by atoms with Gasteiger partial charge in [0.25, 0.3) is 0 Å². The lowest BCUT2D eigenvalue weighted by molar-refractivity contribution is -0.136. The maximum atomic E-state index is 13.2. The Bertz CT molecular complexity index is 738. The van der Waals surface area contributed by atoms with Crippen LogP contribution in [0.4, 0.5) is 13.6 Å². The number of hydrogen-bond acceptors (Lipinski definition) is 3. The van der Waals surface area contributed by atoms with E-state index in [-0.39, 0.29) is 0 Å². The summed E-state index contributed by atoms with van der Waals surface area (Å²) in [7, 11) is 0. The average Bonchev–Trinajstić information content (AvgIpc) is 2.53. The van der Waals surface area contributed by atoms with Crippen molar-refractivity contribution in [2.24, 2.45) is 5.92 Å². The Morgan fingerprint density at radius 1 is 0.708 bits per heavy atom. The van der Waals surface area contributed by atoms with Gasteiger partial charge in [0.05, 0.1) is 0 Å². The van der Waals surface area contributed by atoms with E-state index in [0.717, 1.165) is 0 Å². The fourth-order valence-corrected chi connectivity index (χ4v) is 2.75. The third kappa shape index (κ3) is 3.01. The first-order valence-electron chi connectivity index (χ1n) is 7.12. The number of benzene rings is 2. The Kier molecular flexibility index (Phi) is 4.07. The lowest BCUT2D eigenvalue weighted by Crippen LogP contribution is -2.57. The Morgan fingerprint density at radius 3 is 1.46 bits per heavy atom. The predicted molar refractivity (Wildman–Crippen MR) is 79.8 cm³/mol. The van der Waals surface area contributed by atoms with E-state index >= 15 is 0 Å². The van der Waals surface area contributed by atoms with Gasteiger partial charge in [-0.2, -0.15) is 0 Å². The highest BCUT2D eigenvalue weighted by molar-refractivity contribution is 6.16. The number of carbonyl (C=O) groups excluding carboxylic acids is 3. The molecule has 2 N–H and O–H groups in total. The van der Waals surface area contributed by atoms with Gasteiger partial charge in [0.2, 0.25) is 11.8 Å². The molecule has 2 aromatic rings. The molecule has 24 heavy (non-hydrogen) atoms. The van der Waals surface area contributed by atoms with Crippen molar-refractivity contribution in [1.29, 1.82) is 0 Å². The smallest absolute Gasteiger partial charge is 0.277 e. The minimum atomic E-state index is -1.24. The van der Waals surface area contributed by atoms with Crippen LogP contribution in [-0.2, 0) is 9.59 Å². The summed E-state index contributed by atoms with van der Waals surface area (Å²) in [5.74, 6) is -4.49. The Labute approximate surface area is 135 Å². The van der Waals surface area contributed by atoms with E-state index in [1.807, 2.05) is 10.6 Å². The fourth-order valence-electron chi connectivity index (χ4n) is 2.75. The molecule has 0 saturated carbocycles. The van der Waals surface area contributed by atoms with Gasteiger partial charge in [-0.3, -0.25) is 20.2 Å². The topological polar surface area (TPSA) is 75.3 Å². The summed E-state index contributed by atoms with van der Waals surface area (Å²) >= 11 is 0. The van der Waals surface area contributed by atoms with Gasteiger partial charge in [-0.15, -0.1) is 0 Å². The molecular formula is C17H12F2N2O3. The normalized spacial score (nSPS) is 15.4. The molecule has 0 atom stereocenters. The van der Waals surface area contributed by atoms with Gasteiger partial charge in [-0.25, -0.2) is 13.6 Å². The number of barbiturate groups is 1. The van der Waals surface area contributed by atoms with Crippen LogP contribution in [0.5, 0.6) is 0 Å². The molecule has 0 spiro atoms. The van der Waals surface area contributed by atoms with E-state index < -0.39 is 41.3 Å². The van der Waals surface area contributed by atoms with Crippen molar-refractivity contribution in [2.45, 2.75) is 5.92 Å². The van der Waals surface area contributed by atoms with Crippen molar-refractivity contribution >= 4 is 17.8 Å². The van der Waals surface area contributed by atoms with Crippen molar-refractivity contribution in [3.8, 4) is 0 Å². The average molecular weight is 330 g/mol. The van der Waals surface area contributed by atoms with Crippen molar-refractivity contribution in [1.82, 2.24) is 10.6 Å². The van der Waals surface area contributed by atoms with E-state index in [2.05, 4.69) is 0 Å². The maximum absolute atomic E-state index is 13.2. The number of amides is 4. The van der Waals surface area contributed by atoms with Crippen LogP contribution >= 0.6 is 0 Å². The number of nitrogens with one attached hydrogen (secondary N) is 2. The zero-order valence-electron chi connectivity index (χ0n) is 12.3. The number of imide groups is 2. The van der Waals surface area contributed by atoms with Crippen LogP contribution in [-0.4, -0.2) is 17.8 Å². The SMILES string of the molecule is O=C1NC(=O)C(C(c2ccc(F)cc2)c2ccc(F)cc2)C(=O)N1. The molecule has 1 aliphatic rings. The fraction of sp³-hybridized carbons (Fsp3) is 0.118. The summed E-state index contributed by atoms with van der Waals surface area (Å²) in [4.78, 5) is 35.6. The molecule has 1 saturated heterocycles. The monoisotopic (exact) mass is 330 g/mol. The zero-order chi connectivity index (χ0) is 17.3. The first-order valence-corrected chi connectivity index (χ1v) is 7.12. The highest BCUT2D eigenvalue weighted by atomic mass is 19.1. The molecule has 122 valence electrons. The van der Waals surface area contributed by atoms with Gasteiger partial charge >= 0.3 is 6.03 Å². The molecule has 2 aromatic carbocycles. The number of halogens is 2. The van der Waals surface area contributed by atoms with Crippen LogP contribution in [0.15, 0.2) is 48.5 Å². The lowest BCUT2D eigenvalue weighted by Gasteiger charge is -2.29. The van der Waals surface area contributed by atoms with Gasteiger partial charge in [0.1, 0.15) is 17.6 Å². The quantitative estimate of drug-likeness (QED) is 0.846. The minimum absolute atomic E-state index is 0.468. The van der Waals surface area contributed by atoms with Gasteiger partial charge < -0.3 is 0 Å². The largest absolute Gasteiger partial charge is 0.328 e. The highest BCUT2D eigenvalue weighted by Crippen LogP contribution is 2.33. The summed E-state index contributed by atoms with van der Waals surface area (Å²) < 4.78 is 26.4. The Hall–Kier alpha value is -3.09. The van der Waals surface area contributed by atoms with Gasteiger partial charge in [0.15, 0.2) is 0 Å². The van der Waals surface area contributed by atoms with Crippen molar-refractivity contribution in [2.75, 3.05) is 0 Å². The lowest BCUT2D eigenvalue weighted by atomic mass is 9.79. The molecule has 5 nitrogen and oxygen atoms in total. The summed E-state index contributed by atoms with van der Waals surface area (Å²) in [6, 6.07) is 9.70. The van der Waals surface area contributed by atoms with Gasteiger partial charge in [-0.05, 0) is 35.4 Å². The second-order valence-corrected chi connectivity index (χ2v) is 5.37. The standard InChI is InChI=1S/C17H12F2N2O3/c18-11-5-1-9(2-6-11)13(10-3-7-12(19)8-4-10)14-15(22)20-17(24)21-16(14)23/h1-8,13-14H,(H2,20,21,22,23,24). The highest BCUT2D eigenvalue weighted by Gasteiger charge is 2.41. The summed E-state index contributed by atoms with van der Waals surface area (Å²) in [6.07, 6.45) is 0. The van der Waals surface area contributed by atoms with Crippen LogP contribution in [0.2, 0.25) is 0 Å². The summed E-state index contributed by atoms with van der Waals surface area (Å²) in [5.41, 5.74) is 0.986. The molecule has 1 aliphatic heterocycles. The predicted octanol–water partition coefficient (Wildman–Crippen LogP) is 2.08. The minimum Gasteiger partial charge on any atom is -0.277 e. The van der Waals surface area contributed by atoms with E-state index in [4.69, 9.17) is 0 Å². The second-order valence-electron chi connectivity index (χ2n) is 5.37. The first kappa shape index (κ1) is 15.8. The van der Waals surface area contributed by atoms with Crippen LogP contribution in [0.3, 0.4) is 0 Å². The molecule has 0 unspecified atom stereocenters. The van der Waals surface area contributed by atoms with E-state index in [0.29, 0.717) is 11.1 Å². The number of urea groups is 1. The Morgan fingerprint density at radius 2 is 1.08 bits per heavy atom. The van der Waals surface area contributed by atoms with E-state index in [9.17, 15) is 23.2 Å².